The van der Waals surface area contributed by atoms with Gasteiger partial charge in [0.15, 0.2) is 5.76 Å². The summed E-state index contributed by atoms with van der Waals surface area (Å²) < 4.78 is 5.65. The molecule has 2 aromatic carbocycles. The lowest BCUT2D eigenvalue weighted by atomic mass is 10.0. The Morgan fingerprint density at radius 1 is 1.04 bits per heavy atom. The van der Waals surface area contributed by atoms with Gasteiger partial charge in [-0.25, -0.2) is 0 Å². The monoisotopic (exact) mass is 369 g/mol. The zero-order valence-electron chi connectivity index (χ0n) is 14.5. The Morgan fingerprint density at radius 2 is 1.77 bits per heavy atom. The SMILES string of the molecule is O=C(NC(CCCC[SiH](O)O)c1ccccc1)c1cc2ccccc2o1. The smallest absolute Gasteiger partial charge is 0.315 e. The second-order valence-electron chi connectivity index (χ2n) is 6.35. The lowest BCUT2D eigenvalue weighted by molar-refractivity contribution is 0.0908. The van der Waals surface area contributed by atoms with Crippen molar-refractivity contribution in [2.75, 3.05) is 0 Å². The van der Waals surface area contributed by atoms with Crippen LogP contribution in [-0.2, 0) is 0 Å². The summed E-state index contributed by atoms with van der Waals surface area (Å²) in [6.45, 7) is 0. The molecule has 0 aliphatic heterocycles. The van der Waals surface area contributed by atoms with Gasteiger partial charge in [-0.1, -0.05) is 61.4 Å². The van der Waals surface area contributed by atoms with Crippen LogP contribution >= 0.6 is 0 Å². The molecule has 0 saturated carbocycles. The summed E-state index contributed by atoms with van der Waals surface area (Å²) in [6.07, 6.45) is 2.29. The van der Waals surface area contributed by atoms with Crippen LogP contribution in [0.15, 0.2) is 65.1 Å². The maximum absolute atomic E-state index is 12.7. The first kappa shape index (κ1) is 18.4. The van der Waals surface area contributed by atoms with Crippen molar-refractivity contribution in [2.24, 2.45) is 0 Å². The molecule has 1 aromatic heterocycles. The third kappa shape index (κ3) is 4.82. The van der Waals surface area contributed by atoms with E-state index in [1.165, 1.54) is 0 Å². The molecule has 0 bridgehead atoms. The molecule has 0 spiro atoms. The van der Waals surface area contributed by atoms with Crippen molar-refractivity contribution in [3.8, 4) is 0 Å². The minimum absolute atomic E-state index is 0.144. The topological polar surface area (TPSA) is 82.7 Å². The molecule has 6 heteroatoms. The first-order valence-corrected chi connectivity index (χ1v) is 10.7. The average molecular weight is 369 g/mol. The molecule has 0 aliphatic rings. The van der Waals surface area contributed by atoms with Crippen molar-refractivity contribution < 1.29 is 18.8 Å². The minimum Gasteiger partial charge on any atom is -0.451 e. The van der Waals surface area contributed by atoms with Gasteiger partial charge in [-0.3, -0.25) is 4.79 Å². The molecule has 3 aromatic rings. The molecule has 3 rings (SSSR count). The van der Waals surface area contributed by atoms with Gasteiger partial charge in [-0.05, 0) is 30.2 Å². The van der Waals surface area contributed by atoms with Gasteiger partial charge in [0.2, 0.25) is 0 Å². The molecule has 0 aliphatic carbocycles. The Kier molecular flexibility index (Phi) is 6.22. The predicted octanol–water partition coefficient (Wildman–Crippen LogP) is 3.28. The second kappa shape index (κ2) is 8.80. The largest absolute Gasteiger partial charge is 0.451 e. The lowest BCUT2D eigenvalue weighted by Crippen LogP contribution is -2.28. The summed E-state index contributed by atoms with van der Waals surface area (Å²) in [5.74, 6) is 0.0527. The van der Waals surface area contributed by atoms with Gasteiger partial charge in [0, 0.05) is 5.39 Å². The Balaban J connectivity index is 1.70. The number of carbonyl (C=O) groups is 1. The highest BCUT2D eigenvalue weighted by Gasteiger charge is 2.18. The number of nitrogens with one attached hydrogen (secondary N) is 1. The molecule has 0 radical (unpaired) electrons. The molecule has 0 saturated heterocycles. The van der Waals surface area contributed by atoms with Gasteiger partial charge < -0.3 is 19.3 Å². The number of amides is 1. The number of benzene rings is 2. The summed E-state index contributed by atoms with van der Waals surface area (Å²) >= 11 is 0. The van der Waals surface area contributed by atoms with Crippen LogP contribution in [0.3, 0.4) is 0 Å². The first-order chi connectivity index (χ1) is 12.6. The number of hydrogen-bond donors (Lipinski definition) is 3. The molecule has 1 unspecified atom stereocenters. The van der Waals surface area contributed by atoms with Crippen molar-refractivity contribution in [1.82, 2.24) is 5.32 Å². The van der Waals surface area contributed by atoms with Gasteiger partial charge in [-0.2, -0.15) is 0 Å². The van der Waals surface area contributed by atoms with Crippen LogP contribution in [-0.4, -0.2) is 24.8 Å². The van der Waals surface area contributed by atoms with E-state index in [0.717, 1.165) is 30.2 Å². The molecule has 136 valence electrons. The fourth-order valence-electron chi connectivity index (χ4n) is 3.01. The number of fused-ring (bicyclic) bond motifs is 1. The Labute approximate surface area is 154 Å². The van der Waals surface area contributed by atoms with E-state index in [0.29, 0.717) is 17.4 Å². The van der Waals surface area contributed by atoms with Crippen molar-refractivity contribution >= 4 is 26.2 Å². The van der Waals surface area contributed by atoms with Crippen LogP contribution in [0.4, 0.5) is 0 Å². The number of furan rings is 1. The molecule has 1 atom stereocenters. The third-order valence-corrected chi connectivity index (χ3v) is 5.29. The standard InChI is InChI=1S/C20H23NO4Si/c22-20(19-14-16-10-4-5-12-18(16)25-19)21-17(11-6-7-13-26(23)24)15-8-2-1-3-9-15/h1-5,8-10,12,14,17,23-24,26H,6-7,11,13H2,(H,21,22). The number of carbonyl (C=O) groups excluding carboxylic acids is 1. The molecule has 1 heterocycles. The summed E-state index contributed by atoms with van der Waals surface area (Å²) in [5.41, 5.74) is 1.72. The maximum Gasteiger partial charge on any atom is 0.315 e. The van der Waals surface area contributed by atoms with Gasteiger partial charge in [0.05, 0.1) is 6.04 Å². The van der Waals surface area contributed by atoms with E-state index >= 15 is 0 Å². The van der Waals surface area contributed by atoms with Gasteiger partial charge >= 0.3 is 9.28 Å². The van der Waals surface area contributed by atoms with Gasteiger partial charge in [-0.15, -0.1) is 0 Å². The number of para-hydroxylation sites is 1. The highest BCUT2D eigenvalue weighted by Crippen LogP contribution is 2.23. The summed E-state index contributed by atoms with van der Waals surface area (Å²) in [7, 11) is -2.50. The van der Waals surface area contributed by atoms with Crippen LogP contribution in [0, 0.1) is 0 Å². The summed E-state index contributed by atoms with van der Waals surface area (Å²) in [4.78, 5) is 30.9. The van der Waals surface area contributed by atoms with E-state index in [4.69, 9.17) is 14.0 Å². The maximum atomic E-state index is 12.7. The molecule has 26 heavy (non-hydrogen) atoms. The normalized spacial score (nSPS) is 12.4. The number of unbranched alkanes of at least 4 members (excludes halogenated alkanes) is 1. The zero-order valence-corrected chi connectivity index (χ0v) is 15.6. The van der Waals surface area contributed by atoms with Gasteiger partial charge in [0.1, 0.15) is 5.58 Å². The van der Waals surface area contributed by atoms with Crippen molar-refractivity contribution in [1.29, 1.82) is 0 Å². The molecular weight excluding hydrogens is 346 g/mol. The van der Waals surface area contributed by atoms with Crippen LogP contribution in [0.25, 0.3) is 11.0 Å². The second-order valence-corrected chi connectivity index (χ2v) is 7.89. The third-order valence-electron chi connectivity index (χ3n) is 4.36. The predicted molar refractivity (Wildman–Crippen MR) is 103 cm³/mol. The van der Waals surface area contributed by atoms with Crippen molar-refractivity contribution in [3.63, 3.8) is 0 Å². The Morgan fingerprint density at radius 3 is 2.50 bits per heavy atom. The molecule has 3 N–H and O–H groups in total. The fourth-order valence-corrected chi connectivity index (χ4v) is 3.66. The van der Waals surface area contributed by atoms with E-state index in [-0.39, 0.29) is 11.9 Å². The zero-order chi connectivity index (χ0) is 18.4. The fraction of sp³-hybridized carbons (Fsp3) is 0.250. The molecule has 5 nitrogen and oxygen atoms in total. The van der Waals surface area contributed by atoms with Crippen LogP contribution in [0.1, 0.15) is 41.4 Å². The highest BCUT2D eigenvalue weighted by atomic mass is 28.3. The van der Waals surface area contributed by atoms with Crippen LogP contribution in [0.2, 0.25) is 6.04 Å². The quantitative estimate of drug-likeness (QED) is 0.420. The molecule has 0 fully saturated rings. The van der Waals surface area contributed by atoms with E-state index in [1.54, 1.807) is 6.07 Å². The van der Waals surface area contributed by atoms with Crippen molar-refractivity contribution in [3.05, 3.63) is 72.0 Å². The Hall–Kier alpha value is -2.41. The Bertz CT molecular complexity index is 814. The van der Waals surface area contributed by atoms with E-state index in [1.807, 2.05) is 54.6 Å². The minimum atomic E-state index is -2.50. The van der Waals surface area contributed by atoms with Crippen LogP contribution < -0.4 is 5.32 Å². The van der Waals surface area contributed by atoms with Crippen molar-refractivity contribution in [2.45, 2.75) is 31.3 Å². The van der Waals surface area contributed by atoms with E-state index in [2.05, 4.69) is 5.32 Å². The summed E-state index contributed by atoms with van der Waals surface area (Å²) in [6, 6.07) is 19.4. The van der Waals surface area contributed by atoms with Gasteiger partial charge in [0.25, 0.3) is 5.91 Å². The first-order valence-electron chi connectivity index (χ1n) is 8.84. The summed E-state index contributed by atoms with van der Waals surface area (Å²) in [5, 5.41) is 3.95. The van der Waals surface area contributed by atoms with E-state index in [9.17, 15) is 4.79 Å². The number of hydrogen-bond acceptors (Lipinski definition) is 4. The average Bonchev–Trinajstić information content (AvgIpc) is 3.09. The molecular formula is C20H23NO4Si. The van der Waals surface area contributed by atoms with E-state index < -0.39 is 9.28 Å². The van der Waals surface area contributed by atoms with Crippen LogP contribution in [0.5, 0.6) is 0 Å². The number of rotatable bonds is 8. The molecule has 1 amide bonds. The highest BCUT2D eigenvalue weighted by molar-refractivity contribution is 6.40. The lowest BCUT2D eigenvalue weighted by Gasteiger charge is -2.18.